The van der Waals surface area contributed by atoms with Crippen LogP contribution in [0.2, 0.25) is 0 Å². The standard InChI is InChI=1S/C7H8F2N2OS/c1-5-10-7(12-11-5)13-4-2-3-6(8)9/h3H,2,4H2,1H3. The van der Waals surface area contributed by atoms with E-state index in [0.29, 0.717) is 23.2 Å². The molecule has 0 unspecified atom stereocenters. The first kappa shape index (κ1) is 10.2. The Morgan fingerprint density at radius 2 is 2.38 bits per heavy atom. The monoisotopic (exact) mass is 206 g/mol. The van der Waals surface area contributed by atoms with Crippen molar-refractivity contribution in [3.8, 4) is 0 Å². The molecule has 1 aromatic rings. The zero-order chi connectivity index (χ0) is 9.68. The molecule has 0 spiro atoms. The zero-order valence-electron chi connectivity index (χ0n) is 6.96. The molecule has 0 atom stereocenters. The van der Waals surface area contributed by atoms with E-state index >= 15 is 0 Å². The van der Waals surface area contributed by atoms with Crippen LogP contribution in [-0.4, -0.2) is 15.9 Å². The molecule has 13 heavy (non-hydrogen) atoms. The highest BCUT2D eigenvalue weighted by Crippen LogP contribution is 2.16. The van der Waals surface area contributed by atoms with Gasteiger partial charge in [0.2, 0.25) is 0 Å². The Bertz CT molecular complexity index is 296. The van der Waals surface area contributed by atoms with E-state index < -0.39 is 6.08 Å². The van der Waals surface area contributed by atoms with Gasteiger partial charge in [-0.1, -0.05) is 16.9 Å². The molecule has 1 heterocycles. The number of hydrogen-bond acceptors (Lipinski definition) is 4. The molecular formula is C7H8F2N2OS. The molecule has 6 heteroatoms. The summed E-state index contributed by atoms with van der Waals surface area (Å²) in [6.45, 7) is 1.70. The van der Waals surface area contributed by atoms with E-state index in [9.17, 15) is 8.78 Å². The molecule has 0 aliphatic heterocycles. The fourth-order valence-electron chi connectivity index (χ4n) is 0.651. The summed E-state index contributed by atoms with van der Waals surface area (Å²) in [5.74, 6) is 1.06. The number of allylic oxidation sites excluding steroid dienone is 1. The second-order valence-corrected chi connectivity index (χ2v) is 3.28. The second-order valence-electron chi connectivity index (χ2n) is 2.24. The average Bonchev–Trinajstić information content (AvgIpc) is 2.45. The minimum atomic E-state index is -1.65. The van der Waals surface area contributed by atoms with Gasteiger partial charge in [-0.2, -0.15) is 13.8 Å². The molecule has 0 aliphatic rings. The lowest BCUT2D eigenvalue weighted by Crippen LogP contribution is -1.77. The lowest BCUT2D eigenvalue weighted by Gasteiger charge is -1.89. The van der Waals surface area contributed by atoms with Crippen molar-refractivity contribution in [3.05, 3.63) is 18.0 Å². The molecule has 3 nitrogen and oxygen atoms in total. The van der Waals surface area contributed by atoms with Gasteiger partial charge in [-0.15, -0.1) is 0 Å². The molecule has 0 aromatic carbocycles. The number of aromatic nitrogens is 2. The van der Waals surface area contributed by atoms with E-state index in [0.717, 1.165) is 6.08 Å². The number of nitrogens with zero attached hydrogens (tertiary/aromatic N) is 2. The van der Waals surface area contributed by atoms with Gasteiger partial charge in [-0.25, -0.2) is 0 Å². The van der Waals surface area contributed by atoms with E-state index in [1.165, 1.54) is 11.8 Å². The Hall–Kier alpha value is -0.910. The average molecular weight is 206 g/mol. The van der Waals surface area contributed by atoms with E-state index in [-0.39, 0.29) is 0 Å². The quantitative estimate of drug-likeness (QED) is 0.560. The van der Waals surface area contributed by atoms with Gasteiger partial charge in [-0.3, -0.25) is 0 Å². The van der Waals surface area contributed by atoms with E-state index in [4.69, 9.17) is 4.52 Å². The minimum absolute atomic E-state index is 0.300. The molecule has 72 valence electrons. The maximum Gasteiger partial charge on any atom is 0.285 e. The van der Waals surface area contributed by atoms with Gasteiger partial charge in [0.25, 0.3) is 11.3 Å². The van der Waals surface area contributed by atoms with Crippen LogP contribution in [0.5, 0.6) is 0 Å². The molecular weight excluding hydrogens is 198 g/mol. The van der Waals surface area contributed by atoms with Crippen LogP contribution < -0.4 is 0 Å². The summed E-state index contributed by atoms with van der Waals surface area (Å²) in [5.41, 5.74) is 0. The van der Waals surface area contributed by atoms with Crippen LogP contribution in [0.1, 0.15) is 12.2 Å². The summed E-state index contributed by atoms with van der Waals surface area (Å²) >= 11 is 1.27. The maximum atomic E-state index is 11.6. The largest absolute Gasteiger partial charge is 0.327 e. The van der Waals surface area contributed by atoms with E-state index in [1.807, 2.05) is 0 Å². The molecule has 0 saturated heterocycles. The Morgan fingerprint density at radius 1 is 1.62 bits per heavy atom. The van der Waals surface area contributed by atoms with Crippen molar-refractivity contribution in [3.63, 3.8) is 0 Å². The third-order valence-electron chi connectivity index (χ3n) is 1.15. The lowest BCUT2D eigenvalue weighted by molar-refractivity contribution is 0.338. The van der Waals surface area contributed by atoms with Gasteiger partial charge in [0.1, 0.15) is 0 Å². The molecule has 1 rings (SSSR count). The molecule has 0 saturated carbocycles. The molecule has 0 radical (unpaired) electrons. The van der Waals surface area contributed by atoms with Gasteiger partial charge < -0.3 is 4.52 Å². The van der Waals surface area contributed by atoms with Crippen molar-refractivity contribution >= 4 is 11.8 Å². The van der Waals surface area contributed by atoms with Crippen LogP contribution in [0.4, 0.5) is 8.78 Å². The number of rotatable bonds is 4. The summed E-state index contributed by atoms with van der Waals surface area (Å²) in [4.78, 5) is 3.90. The van der Waals surface area contributed by atoms with Crippen molar-refractivity contribution in [1.82, 2.24) is 10.1 Å². The molecule has 0 fully saturated rings. The summed E-state index contributed by atoms with van der Waals surface area (Å²) < 4.78 is 27.9. The SMILES string of the molecule is Cc1noc(SCCC=C(F)F)n1. The minimum Gasteiger partial charge on any atom is -0.327 e. The van der Waals surface area contributed by atoms with Gasteiger partial charge >= 0.3 is 0 Å². The number of halogens is 2. The molecule has 0 bridgehead atoms. The summed E-state index contributed by atoms with van der Waals surface area (Å²) in [7, 11) is 0. The molecule has 1 aromatic heterocycles. The third-order valence-corrected chi connectivity index (χ3v) is 2.00. The molecule has 0 amide bonds. The Morgan fingerprint density at radius 3 is 2.92 bits per heavy atom. The highest BCUT2D eigenvalue weighted by molar-refractivity contribution is 7.99. The van der Waals surface area contributed by atoms with Crippen LogP contribution in [0, 0.1) is 6.92 Å². The van der Waals surface area contributed by atoms with Crippen LogP contribution in [0.3, 0.4) is 0 Å². The van der Waals surface area contributed by atoms with E-state index in [2.05, 4.69) is 10.1 Å². The van der Waals surface area contributed by atoms with E-state index in [1.54, 1.807) is 6.92 Å². The first-order valence-corrected chi connectivity index (χ1v) is 4.61. The predicted molar refractivity (Wildman–Crippen MR) is 44.7 cm³/mol. The highest BCUT2D eigenvalue weighted by atomic mass is 32.2. The van der Waals surface area contributed by atoms with Crippen LogP contribution >= 0.6 is 11.8 Å². The van der Waals surface area contributed by atoms with Crippen molar-refractivity contribution < 1.29 is 13.3 Å². The smallest absolute Gasteiger partial charge is 0.285 e. The third kappa shape index (κ3) is 4.02. The van der Waals surface area contributed by atoms with Crippen molar-refractivity contribution in [1.29, 1.82) is 0 Å². The summed E-state index contributed by atoms with van der Waals surface area (Å²) in [6, 6.07) is 0. The fourth-order valence-corrected chi connectivity index (χ4v) is 1.35. The first-order valence-electron chi connectivity index (χ1n) is 3.63. The first-order chi connectivity index (χ1) is 6.18. The summed E-state index contributed by atoms with van der Waals surface area (Å²) in [5, 5.41) is 3.98. The number of hydrogen-bond donors (Lipinski definition) is 0. The topological polar surface area (TPSA) is 38.9 Å². The normalized spacial score (nSPS) is 10.1. The van der Waals surface area contributed by atoms with Gasteiger partial charge in [0.15, 0.2) is 5.82 Å². The maximum absolute atomic E-state index is 11.6. The lowest BCUT2D eigenvalue weighted by atomic mass is 10.5. The van der Waals surface area contributed by atoms with Gasteiger partial charge in [0, 0.05) is 5.75 Å². The zero-order valence-corrected chi connectivity index (χ0v) is 7.77. The predicted octanol–water partition coefficient (Wildman–Crippen LogP) is 2.64. The van der Waals surface area contributed by atoms with Crippen LogP contribution in [-0.2, 0) is 0 Å². The fraction of sp³-hybridized carbons (Fsp3) is 0.429. The van der Waals surface area contributed by atoms with Crippen molar-refractivity contribution in [2.75, 3.05) is 5.75 Å². The number of thioether (sulfide) groups is 1. The Labute approximate surface area is 78.2 Å². The second kappa shape index (κ2) is 4.96. The Kier molecular flexibility index (Phi) is 3.88. The highest BCUT2D eigenvalue weighted by Gasteiger charge is 2.01. The Balaban J connectivity index is 2.24. The number of aryl methyl sites for hydroxylation is 1. The van der Waals surface area contributed by atoms with Gasteiger partial charge in [-0.05, 0) is 19.4 Å². The van der Waals surface area contributed by atoms with Gasteiger partial charge in [0.05, 0.1) is 0 Å². The summed E-state index contributed by atoms with van der Waals surface area (Å²) in [6.07, 6.45) is -0.479. The van der Waals surface area contributed by atoms with Crippen molar-refractivity contribution in [2.45, 2.75) is 18.6 Å². The molecule has 0 aliphatic carbocycles. The van der Waals surface area contributed by atoms with Crippen LogP contribution in [0.25, 0.3) is 0 Å². The molecule has 0 N–H and O–H groups in total. The van der Waals surface area contributed by atoms with Crippen molar-refractivity contribution in [2.24, 2.45) is 0 Å². The van der Waals surface area contributed by atoms with Crippen LogP contribution in [0.15, 0.2) is 21.9 Å².